The molecule has 7 heteroatoms. The molecular formula is C13H21N5O2. The molecule has 0 radical (unpaired) electrons. The van der Waals surface area contributed by atoms with E-state index < -0.39 is 0 Å². The summed E-state index contributed by atoms with van der Waals surface area (Å²) >= 11 is 0. The van der Waals surface area contributed by atoms with E-state index in [1.165, 1.54) is 27.1 Å². The summed E-state index contributed by atoms with van der Waals surface area (Å²) < 4.78 is 10.2. The number of nitrogens with two attached hydrogens (primary N) is 1. The molecule has 1 saturated heterocycles. The first-order chi connectivity index (χ1) is 9.71. The Kier molecular flexibility index (Phi) is 3.60. The third-order valence-corrected chi connectivity index (χ3v) is 4.38. The Bertz CT molecular complexity index is 462. The normalized spacial score (nSPS) is 29.1. The minimum Gasteiger partial charge on any atom is -0.467 e. The fraction of sp³-hybridized carbons (Fsp3) is 0.769. The molecule has 110 valence electrons. The Hall–Kier alpha value is -1.63. The van der Waals surface area contributed by atoms with Gasteiger partial charge in [-0.2, -0.15) is 9.97 Å². The van der Waals surface area contributed by atoms with Crippen LogP contribution >= 0.6 is 0 Å². The summed E-state index contributed by atoms with van der Waals surface area (Å²) in [5, 5.41) is 0. The lowest BCUT2D eigenvalue weighted by Crippen LogP contribution is -2.38. The Morgan fingerprint density at radius 2 is 1.75 bits per heavy atom. The van der Waals surface area contributed by atoms with Gasteiger partial charge in [-0.3, -0.25) is 0 Å². The van der Waals surface area contributed by atoms with Gasteiger partial charge in [0.2, 0.25) is 5.95 Å². The van der Waals surface area contributed by atoms with Crippen LogP contribution in [0.15, 0.2) is 0 Å². The lowest BCUT2D eigenvalue weighted by molar-refractivity contribution is 0.260. The lowest BCUT2D eigenvalue weighted by Gasteiger charge is -2.29. The predicted molar refractivity (Wildman–Crippen MR) is 74.0 cm³/mol. The van der Waals surface area contributed by atoms with E-state index in [1.54, 1.807) is 0 Å². The van der Waals surface area contributed by atoms with Crippen molar-refractivity contribution in [2.24, 2.45) is 17.6 Å². The standard InChI is InChI=1S/C13H21N5O2/c1-19-12-15-11(16-13(17-12)20-2)18-6-8-4-3-5-10(14)9(8)7-18/h8-10H,3-7,14H2,1-2H3. The van der Waals surface area contributed by atoms with Crippen LogP contribution in [0.2, 0.25) is 0 Å². The Morgan fingerprint density at radius 1 is 1.05 bits per heavy atom. The average molecular weight is 279 g/mol. The van der Waals surface area contributed by atoms with Gasteiger partial charge in [0.15, 0.2) is 0 Å². The summed E-state index contributed by atoms with van der Waals surface area (Å²) in [6.07, 6.45) is 3.59. The van der Waals surface area contributed by atoms with Crippen LogP contribution in [0.4, 0.5) is 5.95 Å². The largest absolute Gasteiger partial charge is 0.467 e. The summed E-state index contributed by atoms with van der Waals surface area (Å²) in [5.74, 6) is 1.81. The molecule has 1 aliphatic heterocycles. The van der Waals surface area contributed by atoms with E-state index in [4.69, 9.17) is 15.2 Å². The third kappa shape index (κ3) is 2.37. The van der Waals surface area contributed by atoms with Crippen LogP contribution in [0.25, 0.3) is 0 Å². The van der Waals surface area contributed by atoms with Gasteiger partial charge < -0.3 is 20.1 Å². The van der Waals surface area contributed by atoms with Gasteiger partial charge in [0.05, 0.1) is 14.2 Å². The first-order valence-corrected chi connectivity index (χ1v) is 7.06. The predicted octanol–water partition coefficient (Wildman–Crippen LogP) is 0.452. The van der Waals surface area contributed by atoms with E-state index in [2.05, 4.69) is 19.9 Å². The quantitative estimate of drug-likeness (QED) is 0.859. The molecule has 2 N–H and O–H groups in total. The molecule has 3 rings (SSSR count). The van der Waals surface area contributed by atoms with E-state index in [0.29, 0.717) is 23.8 Å². The van der Waals surface area contributed by atoms with Gasteiger partial charge in [-0.25, -0.2) is 0 Å². The second kappa shape index (κ2) is 5.40. The van der Waals surface area contributed by atoms with E-state index in [-0.39, 0.29) is 12.0 Å². The van der Waals surface area contributed by atoms with Gasteiger partial charge in [-0.1, -0.05) is 6.42 Å². The molecule has 7 nitrogen and oxygen atoms in total. The first-order valence-electron chi connectivity index (χ1n) is 7.06. The number of anilines is 1. The van der Waals surface area contributed by atoms with Crippen LogP contribution in [0.3, 0.4) is 0 Å². The number of hydrogen-bond acceptors (Lipinski definition) is 7. The average Bonchev–Trinajstić information content (AvgIpc) is 2.92. The van der Waals surface area contributed by atoms with Crippen LogP contribution in [-0.4, -0.2) is 48.3 Å². The molecule has 0 bridgehead atoms. The van der Waals surface area contributed by atoms with Crippen LogP contribution < -0.4 is 20.1 Å². The number of hydrogen-bond donors (Lipinski definition) is 1. The number of methoxy groups -OCH3 is 2. The van der Waals surface area contributed by atoms with E-state index in [1.807, 2.05) is 0 Å². The maximum atomic E-state index is 6.24. The van der Waals surface area contributed by atoms with E-state index in [0.717, 1.165) is 19.5 Å². The van der Waals surface area contributed by atoms with Crippen molar-refractivity contribution in [1.82, 2.24) is 15.0 Å². The molecule has 1 aromatic rings. The molecular weight excluding hydrogens is 258 g/mol. The summed E-state index contributed by atoms with van der Waals surface area (Å²) in [6.45, 7) is 1.86. The highest BCUT2D eigenvalue weighted by Gasteiger charge is 2.39. The van der Waals surface area contributed by atoms with Gasteiger partial charge in [0.1, 0.15) is 0 Å². The highest BCUT2D eigenvalue weighted by Crippen LogP contribution is 2.37. The zero-order valence-corrected chi connectivity index (χ0v) is 12.0. The summed E-state index contributed by atoms with van der Waals surface area (Å²) in [4.78, 5) is 14.9. The maximum Gasteiger partial charge on any atom is 0.324 e. The summed E-state index contributed by atoms with van der Waals surface area (Å²) in [5.41, 5.74) is 6.24. The molecule has 3 unspecified atom stereocenters. The van der Waals surface area contributed by atoms with Gasteiger partial charge in [0, 0.05) is 19.1 Å². The fourth-order valence-electron chi connectivity index (χ4n) is 3.33. The van der Waals surface area contributed by atoms with Crippen molar-refractivity contribution in [3.8, 4) is 12.0 Å². The minimum absolute atomic E-state index is 0.283. The van der Waals surface area contributed by atoms with Crippen molar-refractivity contribution in [3.63, 3.8) is 0 Å². The van der Waals surface area contributed by atoms with E-state index in [9.17, 15) is 0 Å². The Labute approximate surface area is 118 Å². The van der Waals surface area contributed by atoms with Gasteiger partial charge in [0.25, 0.3) is 0 Å². The topological polar surface area (TPSA) is 86.4 Å². The number of nitrogens with zero attached hydrogens (tertiary/aromatic N) is 4. The molecule has 0 aromatic carbocycles. The molecule has 0 spiro atoms. The highest BCUT2D eigenvalue weighted by atomic mass is 16.5. The van der Waals surface area contributed by atoms with Crippen LogP contribution in [-0.2, 0) is 0 Å². The molecule has 20 heavy (non-hydrogen) atoms. The minimum atomic E-state index is 0.283. The molecule has 2 fully saturated rings. The highest BCUT2D eigenvalue weighted by molar-refractivity contribution is 5.35. The van der Waals surface area contributed by atoms with E-state index >= 15 is 0 Å². The van der Waals surface area contributed by atoms with Gasteiger partial charge >= 0.3 is 12.0 Å². The zero-order valence-electron chi connectivity index (χ0n) is 12.0. The first kappa shape index (κ1) is 13.4. The van der Waals surface area contributed by atoms with Crippen LogP contribution in [0.5, 0.6) is 12.0 Å². The second-order valence-corrected chi connectivity index (χ2v) is 5.53. The van der Waals surface area contributed by atoms with Crippen molar-refractivity contribution < 1.29 is 9.47 Å². The fourth-order valence-corrected chi connectivity index (χ4v) is 3.33. The second-order valence-electron chi connectivity index (χ2n) is 5.53. The van der Waals surface area contributed by atoms with Crippen molar-refractivity contribution >= 4 is 5.95 Å². The molecule has 0 amide bonds. The van der Waals surface area contributed by atoms with Gasteiger partial charge in [-0.05, 0) is 24.7 Å². The molecule has 3 atom stereocenters. The molecule has 1 aliphatic carbocycles. The van der Waals surface area contributed by atoms with Crippen molar-refractivity contribution in [1.29, 1.82) is 0 Å². The van der Waals surface area contributed by atoms with Crippen molar-refractivity contribution in [3.05, 3.63) is 0 Å². The van der Waals surface area contributed by atoms with Crippen LogP contribution in [0.1, 0.15) is 19.3 Å². The number of aromatic nitrogens is 3. The molecule has 1 aromatic heterocycles. The third-order valence-electron chi connectivity index (χ3n) is 4.38. The molecule has 2 aliphatic rings. The summed E-state index contributed by atoms with van der Waals surface area (Å²) in [6, 6.07) is 0.862. The zero-order chi connectivity index (χ0) is 14.1. The Morgan fingerprint density at radius 3 is 2.35 bits per heavy atom. The van der Waals surface area contributed by atoms with Crippen molar-refractivity contribution in [2.75, 3.05) is 32.2 Å². The van der Waals surface area contributed by atoms with Crippen molar-refractivity contribution in [2.45, 2.75) is 25.3 Å². The maximum absolute atomic E-state index is 6.24. The smallest absolute Gasteiger partial charge is 0.324 e. The Balaban J connectivity index is 1.83. The molecule has 2 heterocycles. The number of ether oxygens (including phenoxy) is 2. The SMILES string of the molecule is COc1nc(OC)nc(N2CC3CCCC(N)C3C2)n1. The number of rotatable bonds is 3. The van der Waals surface area contributed by atoms with Crippen LogP contribution in [0, 0.1) is 11.8 Å². The summed E-state index contributed by atoms with van der Waals surface area (Å²) in [7, 11) is 3.08. The van der Waals surface area contributed by atoms with Gasteiger partial charge in [-0.15, -0.1) is 4.98 Å². The monoisotopic (exact) mass is 279 g/mol. The number of fused-ring (bicyclic) bond motifs is 1. The molecule has 1 saturated carbocycles. The lowest BCUT2D eigenvalue weighted by atomic mass is 9.78.